The lowest BCUT2D eigenvalue weighted by atomic mass is 9.92. The SMILES string of the molecule is CC1CC(C)CN(C(=O)CSc2nnc(-c3ccc(Cl)cc3Cl)n2N)C1. The van der Waals surface area contributed by atoms with E-state index in [4.69, 9.17) is 29.0 Å². The fourth-order valence-corrected chi connectivity index (χ4v) is 4.57. The van der Waals surface area contributed by atoms with Crippen molar-refractivity contribution in [2.75, 3.05) is 24.7 Å². The summed E-state index contributed by atoms with van der Waals surface area (Å²) in [6.45, 7) is 5.98. The van der Waals surface area contributed by atoms with Gasteiger partial charge in [0.1, 0.15) is 0 Å². The number of piperidine rings is 1. The molecule has 0 bridgehead atoms. The molecule has 0 aliphatic carbocycles. The van der Waals surface area contributed by atoms with Gasteiger partial charge >= 0.3 is 0 Å². The summed E-state index contributed by atoms with van der Waals surface area (Å²) >= 11 is 13.4. The number of amides is 1. The van der Waals surface area contributed by atoms with E-state index in [1.807, 2.05) is 4.90 Å². The largest absolute Gasteiger partial charge is 0.341 e. The molecule has 1 aromatic heterocycles. The van der Waals surface area contributed by atoms with E-state index >= 15 is 0 Å². The smallest absolute Gasteiger partial charge is 0.233 e. The maximum atomic E-state index is 12.5. The second kappa shape index (κ2) is 8.06. The van der Waals surface area contributed by atoms with Crippen molar-refractivity contribution >= 4 is 40.9 Å². The number of rotatable bonds is 4. The van der Waals surface area contributed by atoms with Gasteiger partial charge in [0.2, 0.25) is 11.1 Å². The lowest BCUT2D eigenvalue weighted by Gasteiger charge is -2.34. The molecule has 1 saturated heterocycles. The first kappa shape index (κ1) is 19.3. The van der Waals surface area contributed by atoms with Gasteiger partial charge in [0.25, 0.3) is 0 Å². The van der Waals surface area contributed by atoms with E-state index in [1.54, 1.807) is 18.2 Å². The Kier molecular flexibility index (Phi) is 5.99. The molecule has 1 amide bonds. The summed E-state index contributed by atoms with van der Waals surface area (Å²) in [4.78, 5) is 14.4. The number of thioether (sulfide) groups is 1. The molecule has 26 heavy (non-hydrogen) atoms. The second-order valence-corrected chi connectivity index (χ2v) is 8.62. The van der Waals surface area contributed by atoms with Crippen LogP contribution in [0.2, 0.25) is 10.0 Å². The van der Waals surface area contributed by atoms with E-state index in [0.29, 0.717) is 38.4 Å². The van der Waals surface area contributed by atoms with Gasteiger partial charge in [-0.1, -0.05) is 48.8 Å². The van der Waals surface area contributed by atoms with Crippen molar-refractivity contribution in [3.8, 4) is 11.4 Å². The summed E-state index contributed by atoms with van der Waals surface area (Å²) in [6.07, 6.45) is 1.17. The van der Waals surface area contributed by atoms with Crippen LogP contribution in [0.25, 0.3) is 11.4 Å². The van der Waals surface area contributed by atoms with Gasteiger partial charge in [0.15, 0.2) is 5.82 Å². The number of halogens is 2. The molecule has 2 atom stereocenters. The van der Waals surface area contributed by atoms with Crippen LogP contribution < -0.4 is 5.84 Å². The minimum atomic E-state index is 0.0995. The van der Waals surface area contributed by atoms with Crippen LogP contribution in [0.1, 0.15) is 20.3 Å². The Hall–Kier alpha value is -1.44. The quantitative estimate of drug-likeness (QED) is 0.612. The van der Waals surface area contributed by atoms with Crippen molar-refractivity contribution in [2.45, 2.75) is 25.4 Å². The third kappa shape index (κ3) is 4.27. The Bertz CT molecular complexity index is 802. The molecule has 1 aliphatic rings. The van der Waals surface area contributed by atoms with Gasteiger partial charge in [-0.25, -0.2) is 4.68 Å². The van der Waals surface area contributed by atoms with Gasteiger partial charge in [-0.15, -0.1) is 10.2 Å². The summed E-state index contributed by atoms with van der Waals surface area (Å²) < 4.78 is 1.36. The lowest BCUT2D eigenvalue weighted by Crippen LogP contribution is -2.43. The fraction of sp³-hybridized carbons (Fsp3) is 0.471. The summed E-state index contributed by atoms with van der Waals surface area (Å²) in [6, 6.07) is 5.09. The van der Waals surface area contributed by atoms with Gasteiger partial charge in [-0.2, -0.15) is 0 Å². The highest BCUT2D eigenvalue weighted by molar-refractivity contribution is 7.99. The van der Waals surface area contributed by atoms with Crippen LogP contribution in [0.3, 0.4) is 0 Å². The van der Waals surface area contributed by atoms with E-state index in [-0.39, 0.29) is 11.7 Å². The Labute approximate surface area is 167 Å². The number of hydrogen-bond acceptors (Lipinski definition) is 5. The maximum Gasteiger partial charge on any atom is 0.233 e. The zero-order chi connectivity index (χ0) is 18.8. The van der Waals surface area contributed by atoms with E-state index in [0.717, 1.165) is 13.1 Å². The highest BCUT2D eigenvalue weighted by Gasteiger charge is 2.26. The summed E-state index contributed by atoms with van der Waals surface area (Å²) in [5, 5.41) is 9.65. The summed E-state index contributed by atoms with van der Waals surface area (Å²) in [7, 11) is 0. The number of benzene rings is 1. The maximum absolute atomic E-state index is 12.5. The number of aromatic nitrogens is 3. The molecule has 140 valence electrons. The molecule has 0 radical (unpaired) electrons. The lowest BCUT2D eigenvalue weighted by molar-refractivity contribution is -0.130. The number of carbonyl (C=O) groups is 1. The first-order valence-corrected chi connectivity index (χ1v) is 10.2. The fourth-order valence-electron chi connectivity index (χ4n) is 3.31. The van der Waals surface area contributed by atoms with Crippen LogP contribution >= 0.6 is 35.0 Å². The van der Waals surface area contributed by atoms with Gasteiger partial charge in [-0.3, -0.25) is 4.79 Å². The van der Waals surface area contributed by atoms with Crippen LogP contribution in [0.4, 0.5) is 0 Å². The zero-order valence-corrected chi connectivity index (χ0v) is 17.0. The topological polar surface area (TPSA) is 77.0 Å². The molecule has 1 fully saturated rings. The molecule has 2 heterocycles. The summed E-state index contributed by atoms with van der Waals surface area (Å²) in [5.41, 5.74) is 0.642. The summed E-state index contributed by atoms with van der Waals surface area (Å²) in [5.74, 6) is 7.98. The average molecular weight is 414 g/mol. The number of likely N-dealkylation sites (tertiary alicyclic amines) is 1. The first-order chi connectivity index (χ1) is 12.3. The van der Waals surface area contributed by atoms with Crippen LogP contribution in [0.15, 0.2) is 23.4 Å². The van der Waals surface area contributed by atoms with E-state index in [1.165, 1.54) is 22.9 Å². The Morgan fingerprint density at radius 1 is 1.27 bits per heavy atom. The van der Waals surface area contributed by atoms with Gasteiger partial charge in [0, 0.05) is 23.7 Å². The number of hydrogen-bond donors (Lipinski definition) is 1. The van der Waals surface area contributed by atoms with Crippen molar-refractivity contribution in [1.82, 2.24) is 19.8 Å². The number of carbonyl (C=O) groups excluding carboxylic acids is 1. The molecule has 2 unspecified atom stereocenters. The molecular formula is C17H21Cl2N5OS. The Morgan fingerprint density at radius 2 is 1.96 bits per heavy atom. The molecule has 0 spiro atoms. The average Bonchev–Trinajstić information content (AvgIpc) is 2.92. The normalized spacial score (nSPS) is 20.4. The highest BCUT2D eigenvalue weighted by Crippen LogP contribution is 2.30. The Balaban J connectivity index is 1.68. The van der Waals surface area contributed by atoms with E-state index < -0.39 is 0 Å². The van der Waals surface area contributed by atoms with E-state index in [9.17, 15) is 4.79 Å². The minimum Gasteiger partial charge on any atom is -0.341 e. The van der Waals surface area contributed by atoms with E-state index in [2.05, 4.69) is 24.0 Å². The molecule has 1 aromatic carbocycles. The van der Waals surface area contributed by atoms with Crippen LogP contribution in [-0.4, -0.2) is 44.5 Å². The van der Waals surface area contributed by atoms with Crippen LogP contribution in [0.5, 0.6) is 0 Å². The minimum absolute atomic E-state index is 0.0995. The molecule has 3 rings (SSSR count). The number of nitrogens with two attached hydrogens (primary N) is 1. The number of nitrogens with zero attached hydrogens (tertiary/aromatic N) is 4. The van der Waals surface area contributed by atoms with Crippen molar-refractivity contribution < 1.29 is 4.79 Å². The van der Waals surface area contributed by atoms with Crippen LogP contribution in [-0.2, 0) is 4.79 Å². The van der Waals surface area contributed by atoms with Crippen molar-refractivity contribution in [1.29, 1.82) is 0 Å². The molecular weight excluding hydrogens is 393 g/mol. The van der Waals surface area contributed by atoms with Crippen molar-refractivity contribution in [2.24, 2.45) is 11.8 Å². The standard InChI is InChI=1S/C17H21Cl2N5OS/c1-10-5-11(2)8-23(7-10)15(25)9-26-17-22-21-16(24(17)20)13-4-3-12(18)6-14(13)19/h3-4,6,10-11H,5,7-9,20H2,1-2H3. The predicted molar refractivity (Wildman–Crippen MR) is 106 cm³/mol. The Morgan fingerprint density at radius 3 is 2.62 bits per heavy atom. The molecule has 6 nitrogen and oxygen atoms in total. The van der Waals surface area contributed by atoms with Crippen molar-refractivity contribution in [3.63, 3.8) is 0 Å². The first-order valence-electron chi connectivity index (χ1n) is 8.41. The zero-order valence-electron chi connectivity index (χ0n) is 14.7. The van der Waals surface area contributed by atoms with Gasteiger partial charge in [0.05, 0.1) is 10.8 Å². The monoisotopic (exact) mass is 413 g/mol. The molecule has 2 N–H and O–H groups in total. The van der Waals surface area contributed by atoms with Crippen LogP contribution in [0, 0.1) is 11.8 Å². The van der Waals surface area contributed by atoms with Gasteiger partial charge < -0.3 is 10.7 Å². The third-order valence-electron chi connectivity index (χ3n) is 4.38. The van der Waals surface area contributed by atoms with Gasteiger partial charge in [-0.05, 0) is 36.5 Å². The molecule has 9 heteroatoms. The highest BCUT2D eigenvalue weighted by atomic mass is 35.5. The molecule has 0 saturated carbocycles. The molecule has 1 aliphatic heterocycles. The van der Waals surface area contributed by atoms with Crippen molar-refractivity contribution in [3.05, 3.63) is 28.2 Å². The molecule has 2 aromatic rings. The second-order valence-electron chi connectivity index (χ2n) is 6.83. The predicted octanol–water partition coefficient (Wildman–Crippen LogP) is 3.56. The third-order valence-corrected chi connectivity index (χ3v) is 5.86. The number of nitrogen functional groups attached to an aromatic ring is 1.